The monoisotopic (exact) mass is 452 g/mol. The van der Waals surface area contributed by atoms with Gasteiger partial charge in [-0.25, -0.2) is 14.6 Å². The molecular weight excluding hydrogens is 432 g/mol. The van der Waals surface area contributed by atoms with Gasteiger partial charge in [0, 0.05) is 40.3 Å². The van der Waals surface area contributed by atoms with Crippen LogP contribution in [0.1, 0.15) is 16.2 Å². The summed E-state index contributed by atoms with van der Waals surface area (Å²) in [7, 11) is 0. The molecule has 3 heterocycles. The van der Waals surface area contributed by atoms with Crippen LogP contribution in [-0.2, 0) is 0 Å². The lowest BCUT2D eigenvalue weighted by atomic mass is 10.1. The van der Waals surface area contributed by atoms with Crippen LogP contribution in [0, 0.1) is 6.92 Å². The highest BCUT2D eigenvalue weighted by Gasteiger charge is 2.08. The average molecular weight is 453 g/mol. The number of rotatable bonds is 6. The molecule has 0 fully saturated rings. The first-order chi connectivity index (χ1) is 16.1. The summed E-state index contributed by atoms with van der Waals surface area (Å²) in [5, 5.41) is 12.5. The highest BCUT2D eigenvalue weighted by Crippen LogP contribution is 2.25. The number of thiophene rings is 1. The predicted molar refractivity (Wildman–Crippen MR) is 131 cm³/mol. The summed E-state index contributed by atoms with van der Waals surface area (Å²) in [5.41, 5.74) is 3.27. The quantitative estimate of drug-likeness (QED) is 0.345. The molecule has 0 spiro atoms. The molecule has 2 N–H and O–H groups in total. The summed E-state index contributed by atoms with van der Waals surface area (Å²) in [6.45, 7) is 1.84. The van der Waals surface area contributed by atoms with Crippen molar-refractivity contribution in [3.05, 3.63) is 102 Å². The Hall–Kier alpha value is -4.30. The molecule has 0 bridgehead atoms. The zero-order chi connectivity index (χ0) is 22.6. The van der Waals surface area contributed by atoms with E-state index in [0.717, 1.165) is 11.3 Å². The topological polar surface area (TPSA) is 84.7 Å². The van der Waals surface area contributed by atoms with Crippen LogP contribution < -0.4 is 10.6 Å². The third kappa shape index (κ3) is 4.81. The van der Waals surface area contributed by atoms with Gasteiger partial charge >= 0.3 is 0 Å². The van der Waals surface area contributed by atoms with E-state index in [9.17, 15) is 4.79 Å². The van der Waals surface area contributed by atoms with E-state index >= 15 is 0 Å². The molecular formula is C25H20N6OS. The zero-order valence-electron chi connectivity index (χ0n) is 17.8. The minimum atomic E-state index is -0.149. The van der Waals surface area contributed by atoms with Gasteiger partial charge < -0.3 is 10.6 Å². The van der Waals surface area contributed by atoms with E-state index in [2.05, 4.69) is 31.8 Å². The number of anilines is 3. The van der Waals surface area contributed by atoms with E-state index in [1.165, 1.54) is 4.88 Å². The second-order valence-electron chi connectivity index (χ2n) is 7.32. The van der Waals surface area contributed by atoms with E-state index in [4.69, 9.17) is 0 Å². The first kappa shape index (κ1) is 20.6. The number of hydrogen-bond donors (Lipinski definition) is 2. The number of nitrogens with zero attached hydrogens (tertiary/aromatic N) is 4. The molecule has 2 aromatic carbocycles. The maximum atomic E-state index is 12.6. The Balaban J connectivity index is 1.25. The summed E-state index contributed by atoms with van der Waals surface area (Å²) >= 11 is 1.68. The van der Waals surface area contributed by atoms with Gasteiger partial charge in [0.25, 0.3) is 5.91 Å². The molecule has 8 heteroatoms. The van der Waals surface area contributed by atoms with Gasteiger partial charge in [0.2, 0.25) is 0 Å². The fraction of sp³-hybridized carbons (Fsp3) is 0.0400. The normalized spacial score (nSPS) is 10.7. The number of aromatic nitrogens is 4. The second kappa shape index (κ2) is 9.05. The number of benzene rings is 2. The zero-order valence-corrected chi connectivity index (χ0v) is 18.6. The van der Waals surface area contributed by atoms with E-state index in [1.54, 1.807) is 22.2 Å². The maximum Gasteiger partial charge on any atom is 0.255 e. The number of nitrogens with one attached hydrogen (secondary N) is 2. The smallest absolute Gasteiger partial charge is 0.255 e. The van der Waals surface area contributed by atoms with Crippen molar-refractivity contribution in [2.24, 2.45) is 0 Å². The molecule has 0 radical (unpaired) electrons. The molecule has 0 aliphatic heterocycles. The Bertz CT molecular complexity index is 1360. The summed E-state index contributed by atoms with van der Waals surface area (Å²) in [4.78, 5) is 22.7. The number of carbonyl (C=O) groups is 1. The fourth-order valence-corrected chi connectivity index (χ4v) is 4.09. The molecule has 33 heavy (non-hydrogen) atoms. The van der Waals surface area contributed by atoms with Crippen molar-refractivity contribution in [1.82, 2.24) is 19.7 Å². The van der Waals surface area contributed by atoms with Crippen LogP contribution in [0.2, 0.25) is 0 Å². The van der Waals surface area contributed by atoms with Crippen molar-refractivity contribution in [3.8, 4) is 16.3 Å². The Morgan fingerprint density at radius 3 is 2.42 bits per heavy atom. The Morgan fingerprint density at radius 2 is 1.73 bits per heavy atom. The van der Waals surface area contributed by atoms with Gasteiger partial charge in [0.15, 0.2) is 5.82 Å². The van der Waals surface area contributed by atoms with E-state index in [0.29, 0.717) is 28.7 Å². The van der Waals surface area contributed by atoms with Crippen LogP contribution in [0.5, 0.6) is 0 Å². The van der Waals surface area contributed by atoms with Crippen molar-refractivity contribution in [3.63, 3.8) is 0 Å². The van der Waals surface area contributed by atoms with Crippen LogP contribution in [0.4, 0.5) is 17.2 Å². The summed E-state index contributed by atoms with van der Waals surface area (Å²) in [6.07, 6.45) is 3.54. The van der Waals surface area contributed by atoms with Crippen LogP contribution in [-0.4, -0.2) is 25.7 Å². The van der Waals surface area contributed by atoms with Gasteiger partial charge in [-0.05, 0) is 66.4 Å². The van der Waals surface area contributed by atoms with Gasteiger partial charge in [-0.15, -0.1) is 11.3 Å². The molecule has 0 aliphatic carbocycles. The number of amides is 1. The highest BCUT2D eigenvalue weighted by molar-refractivity contribution is 7.13. The summed E-state index contributed by atoms with van der Waals surface area (Å²) in [6, 6.07) is 22.9. The highest BCUT2D eigenvalue weighted by atomic mass is 32.1. The van der Waals surface area contributed by atoms with Gasteiger partial charge in [0.1, 0.15) is 11.6 Å². The Labute approximate surface area is 194 Å². The van der Waals surface area contributed by atoms with Gasteiger partial charge in [-0.2, -0.15) is 5.10 Å². The predicted octanol–water partition coefficient (Wildman–Crippen LogP) is 5.70. The summed E-state index contributed by atoms with van der Waals surface area (Å²) < 4.78 is 1.69. The van der Waals surface area contributed by atoms with Crippen molar-refractivity contribution in [2.75, 3.05) is 10.6 Å². The Kier molecular flexibility index (Phi) is 5.65. The molecule has 162 valence electrons. The van der Waals surface area contributed by atoms with Crippen LogP contribution in [0.25, 0.3) is 16.3 Å². The van der Waals surface area contributed by atoms with Crippen molar-refractivity contribution in [1.29, 1.82) is 0 Å². The lowest BCUT2D eigenvalue weighted by molar-refractivity contribution is 0.102. The Morgan fingerprint density at radius 1 is 0.939 bits per heavy atom. The van der Waals surface area contributed by atoms with Crippen LogP contribution in [0.15, 0.2) is 90.6 Å². The third-order valence-corrected chi connectivity index (χ3v) is 5.85. The molecule has 0 unspecified atom stereocenters. The first-order valence-electron chi connectivity index (χ1n) is 10.3. The first-order valence-corrected chi connectivity index (χ1v) is 11.2. The van der Waals surface area contributed by atoms with Crippen LogP contribution >= 0.6 is 11.3 Å². The number of hydrogen-bond acceptors (Lipinski definition) is 6. The van der Waals surface area contributed by atoms with Gasteiger partial charge in [-0.3, -0.25) is 4.79 Å². The minimum Gasteiger partial charge on any atom is -0.340 e. The van der Waals surface area contributed by atoms with E-state index in [1.807, 2.05) is 85.2 Å². The molecule has 5 aromatic rings. The number of aryl methyl sites for hydroxylation is 1. The lowest BCUT2D eigenvalue weighted by Gasteiger charge is -2.10. The minimum absolute atomic E-state index is 0.149. The molecule has 5 rings (SSSR count). The van der Waals surface area contributed by atoms with Crippen LogP contribution in [0.3, 0.4) is 0 Å². The lowest BCUT2D eigenvalue weighted by Crippen LogP contribution is -2.11. The van der Waals surface area contributed by atoms with E-state index in [-0.39, 0.29) is 5.91 Å². The maximum absolute atomic E-state index is 12.6. The molecule has 1 amide bonds. The van der Waals surface area contributed by atoms with Gasteiger partial charge in [0.05, 0.1) is 0 Å². The summed E-state index contributed by atoms with van der Waals surface area (Å²) in [5.74, 6) is 1.84. The van der Waals surface area contributed by atoms with Gasteiger partial charge in [-0.1, -0.05) is 18.2 Å². The largest absolute Gasteiger partial charge is 0.340 e. The van der Waals surface area contributed by atoms with Crippen molar-refractivity contribution in [2.45, 2.75) is 6.92 Å². The average Bonchev–Trinajstić information content (AvgIpc) is 3.55. The number of carbonyl (C=O) groups excluding carboxylic acids is 1. The standard InChI is InChI=1S/C25H20N6OS/c1-17-27-23(16-24(28-17)31-14-3-13-26-31)29-20-9-11-21(12-10-20)30-25(32)19-7-5-18(6-8-19)22-4-2-15-33-22/h2-16H,1H3,(H,30,32)(H,27,28,29). The van der Waals surface area contributed by atoms with Crippen molar-refractivity contribution >= 4 is 34.4 Å². The SMILES string of the molecule is Cc1nc(Nc2ccc(NC(=O)c3ccc(-c4cccs4)cc3)cc2)cc(-n2cccn2)n1. The third-order valence-electron chi connectivity index (χ3n) is 4.93. The second-order valence-corrected chi connectivity index (χ2v) is 8.27. The molecule has 7 nitrogen and oxygen atoms in total. The molecule has 3 aromatic heterocycles. The molecule has 0 saturated carbocycles. The fourth-order valence-electron chi connectivity index (χ4n) is 3.35. The van der Waals surface area contributed by atoms with E-state index < -0.39 is 0 Å². The molecule has 0 aliphatic rings. The molecule has 0 saturated heterocycles. The van der Waals surface area contributed by atoms with Crippen molar-refractivity contribution < 1.29 is 4.79 Å². The molecule has 0 atom stereocenters.